The van der Waals surface area contributed by atoms with Gasteiger partial charge in [-0.3, -0.25) is 4.79 Å². The predicted octanol–water partition coefficient (Wildman–Crippen LogP) is 5.11. The molecule has 0 atom stereocenters. The smallest absolute Gasteiger partial charge is 0.338 e. The Labute approximate surface area is 171 Å². The molecule has 0 aliphatic heterocycles. The molecule has 5 aromatic rings. The van der Waals surface area contributed by atoms with Crippen molar-refractivity contribution in [3.63, 3.8) is 0 Å². The molecule has 0 fully saturated rings. The zero-order valence-electron chi connectivity index (χ0n) is 16.2. The van der Waals surface area contributed by atoms with Crippen LogP contribution in [0.4, 0.5) is 0 Å². The van der Waals surface area contributed by atoms with E-state index in [0.717, 1.165) is 27.5 Å². The van der Waals surface area contributed by atoms with Gasteiger partial charge in [0.1, 0.15) is 5.69 Å². The van der Waals surface area contributed by atoms with Crippen molar-refractivity contribution in [2.45, 2.75) is 6.92 Å². The van der Waals surface area contributed by atoms with E-state index in [9.17, 15) is 9.59 Å². The zero-order valence-corrected chi connectivity index (χ0v) is 16.2. The SMILES string of the molecule is CCOC(=O)c1ccc(-n2cc3[nH]c4ccccc4c3c2C(=O)c2ccco2)cc1. The van der Waals surface area contributed by atoms with Crippen molar-refractivity contribution in [3.8, 4) is 5.69 Å². The highest BCUT2D eigenvalue weighted by Gasteiger charge is 2.24. The highest BCUT2D eigenvalue weighted by molar-refractivity contribution is 6.21. The minimum absolute atomic E-state index is 0.214. The number of aromatic nitrogens is 2. The Bertz CT molecular complexity index is 1370. The molecule has 3 heterocycles. The third-order valence-electron chi connectivity index (χ3n) is 5.09. The summed E-state index contributed by atoms with van der Waals surface area (Å²) in [4.78, 5) is 28.7. The van der Waals surface area contributed by atoms with Gasteiger partial charge in [-0.25, -0.2) is 4.79 Å². The lowest BCUT2D eigenvalue weighted by Crippen LogP contribution is -2.09. The molecule has 0 amide bonds. The largest absolute Gasteiger partial charge is 0.462 e. The molecule has 0 spiro atoms. The van der Waals surface area contributed by atoms with Gasteiger partial charge >= 0.3 is 5.97 Å². The number of nitrogens with one attached hydrogen (secondary N) is 1. The lowest BCUT2D eigenvalue weighted by atomic mass is 10.1. The first-order chi connectivity index (χ1) is 14.7. The molecule has 2 aromatic carbocycles. The molecule has 1 N–H and O–H groups in total. The molecule has 3 aromatic heterocycles. The fourth-order valence-electron chi connectivity index (χ4n) is 3.75. The number of rotatable bonds is 5. The van der Waals surface area contributed by atoms with E-state index in [1.165, 1.54) is 6.26 Å². The highest BCUT2D eigenvalue weighted by atomic mass is 16.5. The Balaban J connectivity index is 1.71. The predicted molar refractivity (Wildman–Crippen MR) is 113 cm³/mol. The zero-order chi connectivity index (χ0) is 20.7. The maximum Gasteiger partial charge on any atom is 0.338 e. The minimum atomic E-state index is -0.374. The second-order valence-corrected chi connectivity index (χ2v) is 6.88. The lowest BCUT2D eigenvalue weighted by molar-refractivity contribution is 0.0526. The van der Waals surface area contributed by atoms with E-state index in [-0.39, 0.29) is 17.5 Å². The third kappa shape index (κ3) is 2.81. The summed E-state index contributed by atoms with van der Waals surface area (Å²) >= 11 is 0. The number of ether oxygens (including phenoxy) is 1. The van der Waals surface area contributed by atoms with Gasteiger partial charge in [0, 0.05) is 28.2 Å². The number of benzene rings is 2. The van der Waals surface area contributed by atoms with E-state index < -0.39 is 0 Å². The van der Waals surface area contributed by atoms with Crippen LogP contribution in [0.3, 0.4) is 0 Å². The summed E-state index contributed by atoms with van der Waals surface area (Å²) in [7, 11) is 0. The second-order valence-electron chi connectivity index (χ2n) is 6.88. The first kappa shape index (κ1) is 18.0. The van der Waals surface area contributed by atoms with Crippen molar-refractivity contribution in [2.24, 2.45) is 0 Å². The first-order valence-electron chi connectivity index (χ1n) is 9.65. The topological polar surface area (TPSA) is 77.2 Å². The van der Waals surface area contributed by atoms with Crippen LogP contribution in [0, 0.1) is 0 Å². The van der Waals surface area contributed by atoms with E-state index in [1.807, 2.05) is 35.0 Å². The van der Waals surface area contributed by atoms with Crippen LogP contribution in [0.2, 0.25) is 0 Å². The molecule has 30 heavy (non-hydrogen) atoms. The number of hydrogen-bond donors (Lipinski definition) is 1. The van der Waals surface area contributed by atoms with Crippen LogP contribution in [-0.4, -0.2) is 27.9 Å². The number of fused-ring (bicyclic) bond motifs is 3. The lowest BCUT2D eigenvalue weighted by Gasteiger charge is -2.09. The summed E-state index contributed by atoms with van der Waals surface area (Å²) in [5.41, 5.74) is 3.52. The van der Waals surface area contributed by atoms with Crippen LogP contribution < -0.4 is 0 Å². The van der Waals surface area contributed by atoms with Gasteiger partial charge in [0.25, 0.3) is 0 Å². The Kier molecular flexibility index (Phi) is 4.25. The van der Waals surface area contributed by atoms with E-state index in [4.69, 9.17) is 9.15 Å². The Morgan fingerprint density at radius 3 is 2.53 bits per heavy atom. The van der Waals surface area contributed by atoms with Crippen LogP contribution in [0.25, 0.3) is 27.5 Å². The highest BCUT2D eigenvalue weighted by Crippen LogP contribution is 2.33. The van der Waals surface area contributed by atoms with Crippen molar-refractivity contribution >= 4 is 33.6 Å². The summed E-state index contributed by atoms with van der Waals surface area (Å²) < 4.78 is 12.3. The number of ketones is 1. The molecular weight excluding hydrogens is 380 g/mol. The summed E-state index contributed by atoms with van der Waals surface area (Å²) in [5.74, 6) is -0.319. The van der Waals surface area contributed by atoms with Gasteiger partial charge in [0.2, 0.25) is 5.78 Å². The van der Waals surface area contributed by atoms with Crippen LogP contribution in [-0.2, 0) is 4.74 Å². The molecule has 148 valence electrons. The molecule has 6 heteroatoms. The normalized spacial score (nSPS) is 11.2. The molecule has 0 saturated heterocycles. The number of hydrogen-bond acceptors (Lipinski definition) is 4. The van der Waals surface area contributed by atoms with Gasteiger partial charge in [0.15, 0.2) is 5.76 Å². The van der Waals surface area contributed by atoms with Crippen molar-refractivity contribution in [3.05, 3.63) is 90.1 Å². The third-order valence-corrected chi connectivity index (χ3v) is 5.09. The molecule has 0 bridgehead atoms. The van der Waals surface area contributed by atoms with Crippen molar-refractivity contribution in [1.29, 1.82) is 0 Å². The molecular formula is C24H18N2O4. The van der Waals surface area contributed by atoms with Crippen LogP contribution in [0.1, 0.15) is 33.5 Å². The number of esters is 1. The van der Waals surface area contributed by atoms with Crippen molar-refractivity contribution in [2.75, 3.05) is 6.61 Å². The average molecular weight is 398 g/mol. The quantitative estimate of drug-likeness (QED) is 0.330. The second kappa shape index (κ2) is 7.08. The Morgan fingerprint density at radius 1 is 1.00 bits per heavy atom. The monoisotopic (exact) mass is 398 g/mol. The fourth-order valence-corrected chi connectivity index (χ4v) is 3.75. The molecule has 0 radical (unpaired) electrons. The maximum atomic E-state index is 13.4. The van der Waals surface area contributed by atoms with E-state index in [2.05, 4.69) is 4.98 Å². The van der Waals surface area contributed by atoms with Crippen molar-refractivity contribution in [1.82, 2.24) is 9.55 Å². The van der Waals surface area contributed by atoms with Gasteiger partial charge in [0.05, 0.1) is 24.0 Å². The van der Waals surface area contributed by atoms with Crippen LogP contribution >= 0.6 is 0 Å². The standard InChI is InChI=1S/C24H18N2O4/c1-2-29-24(28)15-9-11-16(12-10-15)26-14-19-21(17-6-3-4-7-18(17)25-19)22(26)23(27)20-8-5-13-30-20/h3-14,25H,2H2,1H3. The summed E-state index contributed by atoms with van der Waals surface area (Å²) in [6.45, 7) is 2.09. The molecule has 0 aliphatic rings. The van der Waals surface area contributed by atoms with E-state index in [0.29, 0.717) is 17.9 Å². The van der Waals surface area contributed by atoms with Crippen molar-refractivity contribution < 1.29 is 18.7 Å². The van der Waals surface area contributed by atoms with Gasteiger partial charge in [-0.2, -0.15) is 0 Å². The molecule has 5 rings (SSSR count). The molecule has 0 saturated carbocycles. The number of carbonyl (C=O) groups excluding carboxylic acids is 2. The first-order valence-corrected chi connectivity index (χ1v) is 9.65. The number of furan rings is 1. The maximum absolute atomic E-state index is 13.4. The number of H-pyrrole nitrogens is 1. The number of aromatic amines is 1. The van der Waals surface area contributed by atoms with E-state index >= 15 is 0 Å². The molecule has 0 aliphatic carbocycles. The number of nitrogens with zero attached hydrogens (tertiary/aromatic N) is 1. The number of carbonyl (C=O) groups is 2. The Morgan fingerprint density at radius 2 is 1.80 bits per heavy atom. The minimum Gasteiger partial charge on any atom is -0.462 e. The van der Waals surface area contributed by atoms with Gasteiger partial charge in [-0.05, 0) is 49.4 Å². The van der Waals surface area contributed by atoms with Crippen LogP contribution in [0.15, 0.2) is 77.5 Å². The molecule has 6 nitrogen and oxygen atoms in total. The van der Waals surface area contributed by atoms with Gasteiger partial charge < -0.3 is 18.7 Å². The van der Waals surface area contributed by atoms with Crippen LogP contribution in [0.5, 0.6) is 0 Å². The summed E-state index contributed by atoms with van der Waals surface area (Å²) in [6.07, 6.45) is 3.38. The average Bonchev–Trinajstić information content (AvgIpc) is 3.49. The van der Waals surface area contributed by atoms with Gasteiger partial charge in [-0.15, -0.1) is 0 Å². The Hall–Kier alpha value is -4.06. The summed E-state index contributed by atoms with van der Waals surface area (Å²) in [6, 6.07) is 18.2. The summed E-state index contributed by atoms with van der Waals surface area (Å²) in [5, 5.41) is 1.80. The molecule has 0 unspecified atom stereocenters. The van der Waals surface area contributed by atoms with Gasteiger partial charge in [-0.1, -0.05) is 18.2 Å². The number of para-hydroxylation sites is 1. The van der Waals surface area contributed by atoms with E-state index in [1.54, 1.807) is 43.3 Å². The fraction of sp³-hybridized carbons (Fsp3) is 0.0833.